The minimum atomic E-state index is 0.660. The molecule has 2 fully saturated rings. The SMILES string of the molecule is CCC1CCCCCN1C(CN)C1CCSC1. The van der Waals surface area contributed by atoms with Crippen LogP contribution in [0.4, 0.5) is 0 Å². The van der Waals surface area contributed by atoms with Gasteiger partial charge in [-0.15, -0.1) is 0 Å². The molecule has 0 radical (unpaired) electrons. The Kier molecular flexibility index (Phi) is 5.64. The molecular formula is C14H28N2S. The van der Waals surface area contributed by atoms with E-state index in [-0.39, 0.29) is 0 Å². The zero-order valence-electron chi connectivity index (χ0n) is 11.2. The van der Waals surface area contributed by atoms with Gasteiger partial charge < -0.3 is 5.73 Å². The topological polar surface area (TPSA) is 29.3 Å². The number of likely N-dealkylation sites (tertiary alicyclic amines) is 1. The summed E-state index contributed by atoms with van der Waals surface area (Å²) in [7, 11) is 0. The van der Waals surface area contributed by atoms with E-state index in [4.69, 9.17) is 5.73 Å². The molecule has 0 bridgehead atoms. The van der Waals surface area contributed by atoms with Gasteiger partial charge in [0.1, 0.15) is 0 Å². The van der Waals surface area contributed by atoms with Gasteiger partial charge in [0, 0.05) is 18.6 Å². The third-order valence-electron chi connectivity index (χ3n) is 4.57. The Morgan fingerprint density at radius 1 is 1.29 bits per heavy atom. The summed E-state index contributed by atoms with van der Waals surface area (Å²) < 4.78 is 0. The molecule has 2 heterocycles. The van der Waals surface area contributed by atoms with Crippen molar-refractivity contribution in [1.29, 1.82) is 0 Å². The number of nitrogens with zero attached hydrogens (tertiary/aromatic N) is 1. The van der Waals surface area contributed by atoms with Crippen molar-refractivity contribution < 1.29 is 0 Å². The highest BCUT2D eigenvalue weighted by Gasteiger charge is 2.32. The quantitative estimate of drug-likeness (QED) is 0.838. The smallest absolute Gasteiger partial charge is 0.0257 e. The molecule has 2 aliphatic heterocycles. The molecule has 0 aliphatic carbocycles. The summed E-state index contributed by atoms with van der Waals surface area (Å²) in [5, 5.41) is 0. The van der Waals surface area contributed by atoms with Crippen LogP contribution in [0.25, 0.3) is 0 Å². The lowest BCUT2D eigenvalue weighted by Crippen LogP contribution is -2.50. The summed E-state index contributed by atoms with van der Waals surface area (Å²) in [6.45, 7) is 4.50. The van der Waals surface area contributed by atoms with E-state index in [9.17, 15) is 0 Å². The van der Waals surface area contributed by atoms with E-state index in [0.717, 1.165) is 18.5 Å². The fraction of sp³-hybridized carbons (Fsp3) is 1.00. The molecule has 0 saturated carbocycles. The molecule has 0 amide bonds. The van der Waals surface area contributed by atoms with Crippen LogP contribution in [0.2, 0.25) is 0 Å². The van der Waals surface area contributed by atoms with Crippen molar-refractivity contribution in [2.75, 3.05) is 24.6 Å². The average molecular weight is 256 g/mol. The van der Waals surface area contributed by atoms with Gasteiger partial charge in [-0.1, -0.05) is 19.8 Å². The van der Waals surface area contributed by atoms with E-state index >= 15 is 0 Å². The molecule has 0 spiro atoms. The fourth-order valence-corrected chi connectivity index (χ4v) is 4.86. The van der Waals surface area contributed by atoms with Gasteiger partial charge in [-0.05, 0) is 49.7 Å². The first kappa shape index (κ1) is 13.7. The predicted molar refractivity (Wildman–Crippen MR) is 77.5 cm³/mol. The van der Waals surface area contributed by atoms with Crippen LogP contribution in [0.5, 0.6) is 0 Å². The maximum Gasteiger partial charge on any atom is 0.0257 e. The Labute approximate surface area is 111 Å². The average Bonchev–Trinajstić information content (AvgIpc) is 2.76. The lowest BCUT2D eigenvalue weighted by atomic mass is 9.95. The van der Waals surface area contributed by atoms with Gasteiger partial charge in [0.15, 0.2) is 0 Å². The standard InChI is InChI=1S/C14H28N2S/c1-2-13-6-4-3-5-8-16(13)14(10-15)12-7-9-17-11-12/h12-14H,2-11,15H2,1H3. The molecule has 3 atom stereocenters. The van der Waals surface area contributed by atoms with Gasteiger partial charge in [-0.3, -0.25) is 4.90 Å². The number of hydrogen-bond donors (Lipinski definition) is 1. The molecule has 3 unspecified atom stereocenters. The summed E-state index contributed by atoms with van der Waals surface area (Å²) >= 11 is 2.12. The van der Waals surface area contributed by atoms with Gasteiger partial charge in [-0.2, -0.15) is 11.8 Å². The normalized spacial score (nSPS) is 33.5. The molecule has 0 aromatic heterocycles. The number of nitrogens with two attached hydrogens (primary N) is 1. The van der Waals surface area contributed by atoms with Gasteiger partial charge in [0.05, 0.1) is 0 Å². The monoisotopic (exact) mass is 256 g/mol. The second-order valence-corrected chi connectivity index (χ2v) is 6.73. The minimum Gasteiger partial charge on any atom is -0.329 e. The predicted octanol–water partition coefficient (Wildman–Crippen LogP) is 2.72. The molecule has 2 rings (SSSR count). The number of rotatable bonds is 4. The Hall–Kier alpha value is 0.270. The Morgan fingerprint density at radius 3 is 2.82 bits per heavy atom. The van der Waals surface area contributed by atoms with E-state index in [1.54, 1.807) is 0 Å². The van der Waals surface area contributed by atoms with Crippen molar-refractivity contribution in [3.8, 4) is 0 Å². The van der Waals surface area contributed by atoms with Crippen LogP contribution < -0.4 is 5.73 Å². The minimum absolute atomic E-state index is 0.660. The lowest BCUT2D eigenvalue weighted by molar-refractivity contribution is 0.102. The van der Waals surface area contributed by atoms with Crippen molar-refractivity contribution in [3.05, 3.63) is 0 Å². The van der Waals surface area contributed by atoms with Gasteiger partial charge >= 0.3 is 0 Å². The van der Waals surface area contributed by atoms with Crippen LogP contribution in [0, 0.1) is 5.92 Å². The van der Waals surface area contributed by atoms with Crippen molar-refractivity contribution in [2.45, 2.75) is 57.5 Å². The van der Waals surface area contributed by atoms with E-state index in [1.807, 2.05) is 0 Å². The van der Waals surface area contributed by atoms with Crippen LogP contribution in [0.1, 0.15) is 45.4 Å². The van der Waals surface area contributed by atoms with Crippen molar-refractivity contribution >= 4 is 11.8 Å². The highest BCUT2D eigenvalue weighted by molar-refractivity contribution is 7.99. The lowest BCUT2D eigenvalue weighted by Gasteiger charge is -2.39. The van der Waals surface area contributed by atoms with Gasteiger partial charge in [-0.25, -0.2) is 0 Å². The van der Waals surface area contributed by atoms with Crippen LogP contribution in [0.15, 0.2) is 0 Å². The molecule has 2 saturated heterocycles. The highest BCUT2D eigenvalue weighted by atomic mass is 32.2. The zero-order chi connectivity index (χ0) is 12.1. The summed E-state index contributed by atoms with van der Waals surface area (Å²) in [4.78, 5) is 2.78. The van der Waals surface area contributed by atoms with E-state index in [1.165, 1.54) is 56.6 Å². The zero-order valence-corrected chi connectivity index (χ0v) is 12.1. The van der Waals surface area contributed by atoms with Gasteiger partial charge in [0.2, 0.25) is 0 Å². The first-order valence-corrected chi connectivity index (χ1v) is 8.55. The maximum atomic E-state index is 6.10. The largest absolute Gasteiger partial charge is 0.329 e. The number of hydrogen-bond acceptors (Lipinski definition) is 3. The van der Waals surface area contributed by atoms with Crippen LogP contribution in [0.3, 0.4) is 0 Å². The van der Waals surface area contributed by atoms with Crippen LogP contribution >= 0.6 is 11.8 Å². The molecule has 2 nitrogen and oxygen atoms in total. The van der Waals surface area contributed by atoms with E-state index < -0.39 is 0 Å². The third kappa shape index (κ3) is 3.39. The summed E-state index contributed by atoms with van der Waals surface area (Å²) in [5.74, 6) is 3.55. The summed E-state index contributed by atoms with van der Waals surface area (Å²) in [5.41, 5.74) is 6.10. The molecule has 0 aromatic rings. The molecule has 0 aromatic carbocycles. The molecule has 2 N–H and O–H groups in total. The van der Waals surface area contributed by atoms with Crippen LogP contribution in [-0.4, -0.2) is 41.6 Å². The van der Waals surface area contributed by atoms with Gasteiger partial charge in [0.25, 0.3) is 0 Å². The molecular weight excluding hydrogens is 228 g/mol. The van der Waals surface area contributed by atoms with Crippen molar-refractivity contribution in [3.63, 3.8) is 0 Å². The molecule has 3 heteroatoms. The first-order chi connectivity index (χ1) is 8.36. The molecule has 2 aliphatic rings. The summed E-state index contributed by atoms with van der Waals surface area (Å²) in [6.07, 6.45) is 8.31. The molecule has 100 valence electrons. The Morgan fingerprint density at radius 2 is 2.18 bits per heavy atom. The van der Waals surface area contributed by atoms with Crippen molar-refractivity contribution in [2.24, 2.45) is 11.7 Å². The van der Waals surface area contributed by atoms with Crippen molar-refractivity contribution in [1.82, 2.24) is 4.90 Å². The second kappa shape index (κ2) is 7.01. The number of thioether (sulfide) groups is 1. The Bertz CT molecular complexity index is 216. The molecule has 17 heavy (non-hydrogen) atoms. The summed E-state index contributed by atoms with van der Waals surface area (Å²) in [6, 6.07) is 1.46. The highest BCUT2D eigenvalue weighted by Crippen LogP contribution is 2.31. The maximum absolute atomic E-state index is 6.10. The third-order valence-corrected chi connectivity index (χ3v) is 5.76. The second-order valence-electron chi connectivity index (χ2n) is 5.58. The fourth-order valence-electron chi connectivity index (χ4n) is 3.53. The first-order valence-electron chi connectivity index (χ1n) is 7.40. The van der Waals surface area contributed by atoms with Crippen LogP contribution in [-0.2, 0) is 0 Å². The van der Waals surface area contributed by atoms with E-state index in [2.05, 4.69) is 23.6 Å². The Balaban J connectivity index is 2.03. The van der Waals surface area contributed by atoms with E-state index in [0.29, 0.717) is 6.04 Å².